The van der Waals surface area contributed by atoms with Crippen molar-refractivity contribution in [2.24, 2.45) is 0 Å². The number of rotatable bonds is 8. The second-order valence-electron chi connectivity index (χ2n) is 6.24. The summed E-state index contributed by atoms with van der Waals surface area (Å²) >= 11 is 1.77. The van der Waals surface area contributed by atoms with Crippen molar-refractivity contribution in [1.29, 1.82) is 0 Å². The molecule has 1 aromatic carbocycles. The number of hydrogen-bond acceptors (Lipinski definition) is 4. The molecule has 0 saturated carbocycles. The predicted octanol–water partition coefficient (Wildman–Crippen LogP) is 3.19. The number of nitrogens with zero attached hydrogens (tertiary/aromatic N) is 1. The van der Waals surface area contributed by atoms with Crippen LogP contribution in [0.15, 0.2) is 29.6 Å². The molecule has 1 aromatic heterocycles. The molecule has 2 N–H and O–H groups in total. The molecule has 130 valence electrons. The van der Waals surface area contributed by atoms with Gasteiger partial charge in [0.2, 0.25) is 0 Å². The van der Waals surface area contributed by atoms with Crippen molar-refractivity contribution in [3.05, 3.63) is 35.2 Å². The molecular formula is C18H24N2O3S. The molecular weight excluding hydrogens is 324 g/mol. The molecule has 0 aliphatic carbocycles. The molecule has 0 bridgehead atoms. The van der Waals surface area contributed by atoms with E-state index in [4.69, 9.17) is 9.84 Å². The average molecular weight is 348 g/mol. The fourth-order valence-electron chi connectivity index (χ4n) is 3.18. The highest BCUT2D eigenvalue weighted by atomic mass is 32.1. The van der Waals surface area contributed by atoms with E-state index in [1.807, 2.05) is 0 Å². The fraction of sp³-hybridized carbons (Fsp3) is 0.500. The third kappa shape index (κ3) is 4.93. The molecule has 1 fully saturated rings. The lowest BCUT2D eigenvalue weighted by molar-refractivity contribution is 0.126. The highest BCUT2D eigenvalue weighted by Gasteiger charge is 2.22. The van der Waals surface area contributed by atoms with Gasteiger partial charge in [-0.05, 0) is 47.7 Å². The minimum Gasteiger partial charge on any atom is -0.465 e. The van der Waals surface area contributed by atoms with Crippen molar-refractivity contribution in [1.82, 2.24) is 10.2 Å². The van der Waals surface area contributed by atoms with Gasteiger partial charge in [0.15, 0.2) is 0 Å². The second kappa shape index (κ2) is 8.46. The smallest absolute Gasteiger partial charge is 0.404 e. The predicted molar refractivity (Wildman–Crippen MR) is 97.0 cm³/mol. The summed E-state index contributed by atoms with van der Waals surface area (Å²) in [6.07, 6.45) is 1.91. The summed E-state index contributed by atoms with van der Waals surface area (Å²) in [5.74, 6) is 0. The molecule has 1 amide bonds. The van der Waals surface area contributed by atoms with Crippen LogP contribution in [-0.4, -0.2) is 55.0 Å². The lowest BCUT2D eigenvalue weighted by Gasteiger charge is -2.15. The fourth-order valence-corrected chi connectivity index (χ4v) is 3.95. The number of amides is 1. The largest absolute Gasteiger partial charge is 0.465 e. The number of carbonyl (C=O) groups is 1. The van der Waals surface area contributed by atoms with Crippen LogP contribution in [-0.2, 0) is 11.2 Å². The van der Waals surface area contributed by atoms with Gasteiger partial charge in [0, 0.05) is 37.0 Å². The number of fused-ring (bicyclic) bond motifs is 1. The SMILES string of the molecule is O=C(O)NC1CCN(CCCOCCc2ccc3sccc3c2)C1. The molecule has 1 aliphatic heterocycles. The van der Waals surface area contributed by atoms with Crippen LogP contribution in [0.2, 0.25) is 0 Å². The Bertz CT molecular complexity index is 673. The van der Waals surface area contributed by atoms with Gasteiger partial charge in [-0.1, -0.05) is 12.1 Å². The number of hydrogen-bond donors (Lipinski definition) is 2. The Balaban J connectivity index is 1.27. The molecule has 1 saturated heterocycles. The van der Waals surface area contributed by atoms with E-state index >= 15 is 0 Å². The molecule has 1 atom stereocenters. The lowest BCUT2D eigenvalue weighted by atomic mass is 10.1. The number of carboxylic acid groups (broad SMARTS) is 1. The molecule has 5 nitrogen and oxygen atoms in total. The number of ether oxygens (including phenoxy) is 1. The summed E-state index contributed by atoms with van der Waals surface area (Å²) in [6, 6.07) is 8.85. The van der Waals surface area contributed by atoms with Crippen LogP contribution in [0.3, 0.4) is 0 Å². The molecule has 1 unspecified atom stereocenters. The van der Waals surface area contributed by atoms with Crippen molar-refractivity contribution >= 4 is 27.5 Å². The zero-order valence-electron chi connectivity index (χ0n) is 13.7. The van der Waals surface area contributed by atoms with Gasteiger partial charge < -0.3 is 20.1 Å². The van der Waals surface area contributed by atoms with Crippen LogP contribution >= 0.6 is 11.3 Å². The van der Waals surface area contributed by atoms with E-state index in [0.29, 0.717) is 0 Å². The van der Waals surface area contributed by atoms with Gasteiger partial charge in [0.1, 0.15) is 0 Å². The summed E-state index contributed by atoms with van der Waals surface area (Å²) < 4.78 is 7.08. The maximum absolute atomic E-state index is 10.6. The highest BCUT2D eigenvalue weighted by Crippen LogP contribution is 2.21. The Morgan fingerprint density at radius 2 is 2.29 bits per heavy atom. The van der Waals surface area contributed by atoms with Crippen molar-refractivity contribution in [3.63, 3.8) is 0 Å². The third-order valence-corrected chi connectivity index (χ3v) is 5.31. The van der Waals surface area contributed by atoms with Crippen molar-refractivity contribution in [2.45, 2.75) is 25.3 Å². The van der Waals surface area contributed by atoms with Gasteiger partial charge in [-0.3, -0.25) is 0 Å². The van der Waals surface area contributed by atoms with E-state index < -0.39 is 6.09 Å². The monoisotopic (exact) mass is 348 g/mol. The maximum Gasteiger partial charge on any atom is 0.404 e. The third-order valence-electron chi connectivity index (χ3n) is 4.41. The lowest BCUT2D eigenvalue weighted by Crippen LogP contribution is -2.36. The van der Waals surface area contributed by atoms with E-state index in [9.17, 15) is 4.79 Å². The number of likely N-dealkylation sites (tertiary alicyclic amines) is 1. The van der Waals surface area contributed by atoms with E-state index in [0.717, 1.165) is 52.1 Å². The average Bonchev–Trinajstić information content (AvgIpc) is 3.18. The van der Waals surface area contributed by atoms with Crippen molar-refractivity contribution < 1.29 is 14.6 Å². The van der Waals surface area contributed by atoms with E-state index in [2.05, 4.69) is 39.9 Å². The first-order valence-electron chi connectivity index (χ1n) is 8.46. The van der Waals surface area contributed by atoms with Crippen LogP contribution in [0.1, 0.15) is 18.4 Å². The van der Waals surface area contributed by atoms with Gasteiger partial charge in [0.05, 0.1) is 6.61 Å². The minimum atomic E-state index is -0.925. The molecule has 3 rings (SSSR count). The van der Waals surface area contributed by atoms with Gasteiger partial charge in [-0.15, -0.1) is 11.3 Å². The second-order valence-corrected chi connectivity index (χ2v) is 7.19. The van der Waals surface area contributed by atoms with E-state index in [1.165, 1.54) is 15.6 Å². The zero-order valence-corrected chi connectivity index (χ0v) is 14.6. The van der Waals surface area contributed by atoms with E-state index in [1.54, 1.807) is 11.3 Å². The Kier molecular flexibility index (Phi) is 6.07. The van der Waals surface area contributed by atoms with Crippen LogP contribution in [0, 0.1) is 0 Å². The normalized spacial score (nSPS) is 18.2. The summed E-state index contributed by atoms with van der Waals surface area (Å²) in [7, 11) is 0. The standard InChI is InChI=1S/C18H24N2O3S/c21-18(22)19-16-4-8-20(13-16)7-1-9-23-10-5-14-2-3-17-15(12-14)6-11-24-17/h2-3,6,11-12,16,19H,1,4-5,7-10,13H2,(H,21,22). The first-order chi connectivity index (χ1) is 11.7. The molecule has 2 heterocycles. The summed E-state index contributed by atoms with van der Waals surface area (Å²) in [4.78, 5) is 12.9. The van der Waals surface area contributed by atoms with Gasteiger partial charge in [-0.25, -0.2) is 4.79 Å². The minimum absolute atomic E-state index is 0.0791. The molecule has 24 heavy (non-hydrogen) atoms. The van der Waals surface area contributed by atoms with Crippen LogP contribution in [0.4, 0.5) is 4.79 Å². The Morgan fingerprint density at radius 1 is 1.38 bits per heavy atom. The Labute approximate surface area is 146 Å². The Morgan fingerprint density at radius 3 is 3.17 bits per heavy atom. The summed E-state index contributed by atoms with van der Waals surface area (Å²) in [6.45, 7) is 4.25. The first-order valence-corrected chi connectivity index (χ1v) is 9.34. The zero-order chi connectivity index (χ0) is 16.8. The van der Waals surface area contributed by atoms with Crippen LogP contribution in [0.25, 0.3) is 10.1 Å². The quantitative estimate of drug-likeness (QED) is 0.719. The molecule has 0 spiro atoms. The number of benzene rings is 1. The highest BCUT2D eigenvalue weighted by molar-refractivity contribution is 7.17. The van der Waals surface area contributed by atoms with Crippen LogP contribution in [0.5, 0.6) is 0 Å². The number of nitrogens with one attached hydrogen (secondary N) is 1. The van der Waals surface area contributed by atoms with Crippen molar-refractivity contribution in [2.75, 3.05) is 32.8 Å². The molecule has 2 aromatic rings. The summed E-state index contributed by atoms with van der Waals surface area (Å²) in [5, 5.41) is 14.7. The molecule has 1 aliphatic rings. The molecule has 0 radical (unpaired) electrons. The number of thiophene rings is 1. The van der Waals surface area contributed by atoms with Gasteiger partial charge >= 0.3 is 6.09 Å². The van der Waals surface area contributed by atoms with Gasteiger partial charge in [0.25, 0.3) is 0 Å². The maximum atomic E-state index is 10.6. The van der Waals surface area contributed by atoms with Crippen LogP contribution < -0.4 is 5.32 Å². The first kappa shape index (κ1) is 17.2. The summed E-state index contributed by atoms with van der Waals surface area (Å²) in [5.41, 5.74) is 1.32. The Hall–Kier alpha value is -1.63. The van der Waals surface area contributed by atoms with Crippen molar-refractivity contribution in [3.8, 4) is 0 Å². The topological polar surface area (TPSA) is 61.8 Å². The molecule has 6 heteroatoms. The van der Waals surface area contributed by atoms with E-state index in [-0.39, 0.29) is 6.04 Å². The van der Waals surface area contributed by atoms with Gasteiger partial charge in [-0.2, -0.15) is 0 Å².